The van der Waals surface area contributed by atoms with E-state index in [-0.39, 0.29) is 12.1 Å². The van der Waals surface area contributed by atoms with Crippen molar-refractivity contribution in [3.05, 3.63) is 17.5 Å². The Balaban J connectivity index is 1.91. The van der Waals surface area contributed by atoms with E-state index in [9.17, 15) is 4.79 Å². The quantitative estimate of drug-likeness (QED) is 0.803. The lowest BCUT2D eigenvalue weighted by Crippen LogP contribution is -2.42. The van der Waals surface area contributed by atoms with Crippen LogP contribution in [0.4, 0.5) is 4.79 Å². The fourth-order valence-electron chi connectivity index (χ4n) is 2.15. The molecule has 1 saturated heterocycles. The second-order valence-corrected chi connectivity index (χ2v) is 6.35. The van der Waals surface area contributed by atoms with Crippen molar-refractivity contribution in [2.75, 3.05) is 13.2 Å². The molecule has 2 heterocycles. The standard InChI is InChI=1S/C14H20ClN3O3/c1-14(2,3)21-13(19)18-6-4-5-10(18)8-20-12-7-11(15)16-9-17-12/h7,9-10H,4-6,8H2,1-3H3/t10-/m1/s1. The van der Waals surface area contributed by atoms with Gasteiger partial charge in [-0.3, -0.25) is 0 Å². The topological polar surface area (TPSA) is 64.5 Å². The van der Waals surface area contributed by atoms with Gasteiger partial charge >= 0.3 is 6.09 Å². The van der Waals surface area contributed by atoms with Gasteiger partial charge in [-0.05, 0) is 33.6 Å². The normalized spacial score (nSPS) is 18.7. The van der Waals surface area contributed by atoms with E-state index < -0.39 is 5.60 Å². The molecule has 21 heavy (non-hydrogen) atoms. The molecule has 1 aliphatic rings. The van der Waals surface area contributed by atoms with Crippen LogP contribution in [0.25, 0.3) is 0 Å². The van der Waals surface area contributed by atoms with Gasteiger partial charge in [0.15, 0.2) is 0 Å². The summed E-state index contributed by atoms with van der Waals surface area (Å²) in [5.74, 6) is 0.408. The molecule has 1 aromatic heterocycles. The number of likely N-dealkylation sites (tertiary alicyclic amines) is 1. The number of halogens is 1. The highest BCUT2D eigenvalue weighted by Gasteiger charge is 2.32. The van der Waals surface area contributed by atoms with Crippen LogP contribution in [0.3, 0.4) is 0 Å². The van der Waals surface area contributed by atoms with Gasteiger partial charge in [0.05, 0.1) is 6.04 Å². The van der Waals surface area contributed by atoms with Gasteiger partial charge in [-0.2, -0.15) is 0 Å². The maximum absolute atomic E-state index is 12.1. The smallest absolute Gasteiger partial charge is 0.410 e. The molecular weight excluding hydrogens is 294 g/mol. The third kappa shape index (κ3) is 4.74. The van der Waals surface area contributed by atoms with Crippen molar-refractivity contribution in [3.63, 3.8) is 0 Å². The molecule has 1 atom stereocenters. The zero-order chi connectivity index (χ0) is 15.5. The zero-order valence-electron chi connectivity index (χ0n) is 12.5. The number of hydrogen-bond donors (Lipinski definition) is 0. The molecule has 7 heteroatoms. The fraction of sp³-hybridized carbons (Fsp3) is 0.643. The molecule has 1 amide bonds. The Morgan fingerprint density at radius 3 is 2.90 bits per heavy atom. The Morgan fingerprint density at radius 2 is 2.24 bits per heavy atom. The van der Waals surface area contributed by atoms with Crippen molar-refractivity contribution >= 4 is 17.7 Å². The van der Waals surface area contributed by atoms with E-state index in [2.05, 4.69) is 9.97 Å². The average molecular weight is 314 g/mol. The van der Waals surface area contributed by atoms with Gasteiger partial charge in [-0.25, -0.2) is 14.8 Å². The summed E-state index contributed by atoms with van der Waals surface area (Å²) in [5, 5.41) is 0.329. The second-order valence-electron chi connectivity index (χ2n) is 5.96. The van der Waals surface area contributed by atoms with E-state index in [0.717, 1.165) is 12.8 Å². The summed E-state index contributed by atoms with van der Waals surface area (Å²) in [5.41, 5.74) is -0.495. The van der Waals surface area contributed by atoms with Crippen molar-refractivity contribution in [2.24, 2.45) is 0 Å². The molecule has 2 rings (SSSR count). The lowest BCUT2D eigenvalue weighted by molar-refractivity contribution is 0.0185. The first kappa shape index (κ1) is 15.8. The number of amides is 1. The predicted octanol–water partition coefficient (Wildman–Crippen LogP) is 2.91. The van der Waals surface area contributed by atoms with Gasteiger partial charge in [0.25, 0.3) is 0 Å². The Hall–Kier alpha value is -1.56. The molecular formula is C14H20ClN3O3. The minimum absolute atomic E-state index is 0.00593. The van der Waals surface area contributed by atoms with E-state index in [0.29, 0.717) is 24.2 Å². The molecule has 0 aromatic carbocycles. The average Bonchev–Trinajstić information content (AvgIpc) is 2.83. The number of nitrogens with zero attached hydrogens (tertiary/aromatic N) is 3. The summed E-state index contributed by atoms with van der Waals surface area (Å²) >= 11 is 5.78. The molecule has 1 aliphatic heterocycles. The largest absolute Gasteiger partial charge is 0.475 e. The number of ether oxygens (including phenoxy) is 2. The van der Waals surface area contributed by atoms with Crippen molar-refractivity contribution in [1.29, 1.82) is 0 Å². The monoisotopic (exact) mass is 313 g/mol. The third-order valence-corrected chi connectivity index (χ3v) is 3.24. The Kier molecular flexibility index (Phi) is 4.88. The highest BCUT2D eigenvalue weighted by Crippen LogP contribution is 2.22. The van der Waals surface area contributed by atoms with Crippen molar-refractivity contribution < 1.29 is 14.3 Å². The van der Waals surface area contributed by atoms with Crippen LogP contribution in [-0.2, 0) is 4.74 Å². The molecule has 0 bridgehead atoms. The Labute approximate surface area is 129 Å². The van der Waals surface area contributed by atoms with Crippen LogP contribution < -0.4 is 4.74 Å². The minimum Gasteiger partial charge on any atom is -0.475 e. The number of hydrogen-bond acceptors (Lipinski definition) is 5. The van der Waals surface area contributed by atoms with Crippen LogP contribution in [-0.4, -0.2) is 45.8 Å². The first-order valence-corrected chi connectivity index (χ1v) is 7.33. The molecule has 116 valence electrons. The van der Waals surface area contributed by atoms with Crippen LogP contribution in [0.15, 0.2) is 12.4 Å². The molecule has 0 N–H and O–H groups in total. The number of carbonyl (C=O) groups excluding carboxylic acids is 1. The van der Waals surface area contributed by atoms with Gasteiger partial charge in [0, 0.05) is 12.6 Å². The molecule has 1 aromatic rings. The Morgan fingerprint density at radius 1 is 1.48 bits per heavy atom. The van der Waals surface area contributed by atoms with Crippen LogP contribution in [0, 0.1) is 0 Å². The zero-order valence-corrected chi connectivity index (χ0v) is 13.3. The van der Waals surface area contributed by atoms with Crippen LogP contribution in [0.2, 0.25) is 5.15 Å². The summed E-state index contributed by atoms with van der Waals surface area (Å²) in [6, 6.07) is 1.54. The van der Waals surface area contributed by atoms with Gasteiger partial charge < -0.3 is 14.4 Å². The summed E-state index contributed by atoms with van der Waals surface area (Å²) in [7, 11) is 0. The third-order valence-electron chi connectivity index (χ3n) is 3.04. The Bertz CT molecular complexity index is 504. The molecule has 1 fully saturated rings. The molecule has 0 unspecified atom stereocenters. The lowest BCUT2D eigenvalue weighted by Gasteiger charge is -2.28. The van der Waals surface area contributed by atoms with Crippen LogP contribution >= 0.6 is 11.6 Å². The summed E-state index contributed by atoms with van der Waals surface area (Å²) < 4.78 is 11.0. The van der Waals surface area contributed by atoms with Gasteiger partial charge in [-0.1, -0.05) is 11.6 Å². The maximum Gasteiger partial charge on any atom is 0.410 e. The summed E-state index contributed by atoms with van der Waals surface area (Å²) in [6.45, 7) is 6.63. The second kappa shape index (κ2) is 6.47. The van der Waals surface area contributed by atoms with E-state index >= 15 is 0 Å². The summed E-state index contributed by atoms with van der Waals surface area (Å²) in [4.78, 5) is 21.6. The van der Waals surface area contributed by atoms with Crippen molar-refractivity contribution in [3.8, 4) is 5.88 Å². The minimum atomic E-state index is -0.495. The molecule has 0 aliphatic carbocycles. The van der Waals surface area contributed by atoms with Crippen LogP contribution in [0.1, 0.15) is 33.6 Å². The SMILES string of the molecule is CC(C)(C)OC(=O)N1CCC[C@@H]1COc1cc(Cl)ncn1. The van der Waals surface area contributed by atoms with E-state index in [1.165, 1.54) is 6.33 Å². The van der Waals surface area contributed by atoms with Gasteiger partial charge in [-0.15, -0.1) is 0 Å². The first-order valence-electron chi connectivity index (χ1n) is 6.95. The number of rotatable bonds is 3. The number of carbonyl (C=O) groups is 1. The van der Waals surface area contributed by atoms with E-state index in [1.807, 2.05) is 20.8 Å². The first-order chi connectivity index (χ1) is 9.85. The van der Waals surface area contributed by atoms with Gasteiger partial charge in [0.2, 0.25) is 5.88 Å². The van der Waals surface area contributed by atoms with E-state index in [1.54, 1.807) is 11.0 Å². The molecule has 0 saturated carbocycles. The number of aromatic nitrogens is 2. The van der Waals surface area contributed by atoms with E-state index in [4.69, 9.17) is 21.1 Å². The molecule has 0 radical (unpaired) electrons. The van der Waals surface area contributed by atoms with Crippen molar-refractivity contribution in [2.45, 2.75) is 45.3 Å². The van der Waals surface area contributed by atoms with Gasteiger partial charge in [0.1, 0.15) is 23.7 Å². The molecule has 6 nitrogen and oxygen atoms in total. The van der Waals surface area contributed by atoms with Crippen LogP contribution in [0.5, 0.6) is 5.88 Å². The van der Waals surface area contributed by atoms with Crippen molar-refractivity contribution in [1.82, 2.24) is 14.9 Å². The maximum atomic E-state index is 12.1. The highest BCUT2D eigenvalue weighted by molar-refractivity contribution is 6.29. The predicted molar refractivity (Wildman–Crippen MR) is 78.5 cm³/mol. The lowest BCUT2D eigenvalue weighted by atomic mass is 10.2. The molecule has 0 spiro atoms. The highest BCUT2D eigenvalue weighted by atomic mass is 35.5. The fourth-order valence-corrected chi connectivity index (χ4v) is 2.28. The summed E-state index contributed by atoms with van der Waals surface area (Å²) in [6.07, 6.45) is 2.88.